The van der Waals surface area contributed by atoms with Gasteiger partial charge >= 0.3 is 0 Å². The number of halogens is 1. The van der Waals surface area contributed by atoms with E-state index in [1.54, 1.807) is 0 Å². The third-order valence-corrected chi connectivity index (χ3v) is 3.54. The van der Waals surface area contributed by atoms with Crippen molar-refractivity contribution in [3.05, 3.63) is 24.0 Å². The van der Waals surface area contributed by atoms with E-state index >= 15 is 0 Å². The van der Waals surface area contributed by atoms with Crippen molar-refractivity contribution in [3.8, 4) is 0 Å². The first-order valence-corrected chi connectivity index (χ1v) is 7.25. The van der Waals surface area contributed by atoms with E-state index in [4.69, 9.17) is 14.6 Å². The van der Waals surface area contributed by atoms with Crippen molar-refractivity contribution in [3.63, 3.8) is 0 Å². The third-order valence-electron chi connectivity index (χ3n) is 2.63. The number of nitrogens with one attached hydrogen (secondary N) is 1. The van der Waals surface area contributed by atoms with Gasteiger partial charge in [0, 0.05) is 0 Å². The summed E-state index contributed by atoms with van der Waals surface area (Å²) >= 11 is 0. The Morgan fingerprint density at radius 2 is 2.15 bits per heavy atom. The van der Waals surface area contributed by atoms with Gasteiger partial charge in [-0.05, 0) is 18.2 Å². The number of sulfonamides is 1. The molecule has 0 aliphatic carbocycles. The summed E-state index contributed by atoms with van der Waals surface area (Å²) in [5.41, 5.74) is -0.282. The van der Waals surface area contributed by atoms with Crippen LogP contribution in [0.15, 0.2) is 23.1 Å². The van der Waals surface area contributed by atoms with Gasteiger partial charge in [0.25, 0.3) is 5.91 Å². The molecule has 1 saturated heterocycles. The number of anilines is 1. The summed E-state index contributed by atoms with van der Waals surface area (Å²) in [6.07, 6.45) is -0.860. The maximum Gasteiger partial charge on any atom is 0.255 e. The summed E-state index contributed by atoms with van der Waals surface area (Å²) in [7, 11) is -3.98. The molecule has 9 heteroatoms. The molecule has 7 nitrogen and oxygen atoms in total. The highest BCUT2D eigenvalue weighted by molar-refractivity contribution is 7.89. The standard InChI is InChI=1S/C11H13FN2O5S/c12-8-2-1-7(20(13,16)17)5-9(8)14-11(15)10-6-18-3-4-19-10/h1-2,5,10H,3-4,6H2,(H,14,15)(H2,13,16,17). The Kier molecular flexibility index (Phi) is 4.33. The third kappa shape index (κ3) is 3.51. The molecule has 1 amide bonds. The van der Waals surface area contributed by atoms with Gasteiger partial charge in [0.2, 0.25) is 10.0 Å². The number of benzene rings is 1. The first kappa shape index (κ1) is 14.9. The molecule has 2 rings (SSSR count). The fourth-order valence-electron chi connectivity index (χ4n) is 1.63. The van der Waals surface area contributed by atoms with Gasteiger partial charge in [-0.2, -0.15) is 0 Å². The van der Waals surface area contributed by atoms with Crippen molar-refractivity contribution >= 4 is 21.6 Å². The molecule has 1 unspecified atom stereocenters. The molecule has 1 aliphatic heterocycles. The minimum Gasteiger partial charge on any atom is -0.376 e. The molecule has 0 radical (unpaired) electrons. The first-order valence-electron chi connectivity index (χ1n) is 5.70. The van der Waals surface area contributed by atoms with Crippen molar-refractivity contribution in [2.45, 2.75) is 11.0 Å². The molecule has 1 atom stereocenters. The van der Waals surface area contributed by atoms with E-state index in [1.807, 2.05) is 0 Å². The molecule has 0 bridgehead atoms. The largest absolute Gasteiger partial charge is 0.376 e. The average molecular weight is 304 g/mol. The second-order valence-electron chi connectivity index (χ2n) is 4.11. The highest BCUT2D eigenvalue weighted by atomic mass is 32.2. The number of ether oxygens (including phenoxy) is 2. The fourth-order valence-corrected chi connectivity index (χ4v) is 2.17. The molecular weight excluding hydrogens is 291 g/mol. The first-order chi connectivity index (χ1) is 9.38. The molecule has 0 aromatic heterocycles. The van der Waals surface area contributed by atoms with Gasteiger partial charge in [-0.25, -0.2) is 17.9 Å². The van der Waals surface area contributed by atoms with Crippen LogP contribution in [0.1, 0.15) is 0 Å². The summed E-state index contributed by atoms with van der Waals surface area (Å²) < 4.78 is 46.1. The van der Waals surface area contributed by atoms with Crippen LogP contribution >= 0.6 is 0 Å². The van der Waals surface area contributed by atoms with Gasteiger partial charge in [0.15, 0.2) is 6.10 Å². The normalized spacial score (nSPS) is 19.6. The summed E-state index contributed by atoms with van der Waals surface area (Å²) in [4.78, 5) is 11.5. The quantitative estimate of drug-likeness (QED) is 0.806. The Morgan fingerprint density at radius 1 is 1.40 bits per heavy atom. The lowest BCUT2D eigenvalue weighted by molar-refractivity contribution is -0.142. The molecule has 20 heavy (non-hydrogen) atoms. The van der Waals surface area contributed by atoms with Crippen LogP contribution in [-0.2, 0) is 24.3 Å². The molecule has 1 aromatic carbocycles. The lowest BCUT2D eigenvalue weighted by Crippen LogP contribution is -2.39. The monoisotopic (exact) mass is 304 g/mol. The zero-order chi connectivity index (χ0) is 14.8. The van der Waals surface area contributed by atoms with E-state index in [0.29, 0.717) is 6.61 Å². The number of carbonyl (C=O) groups is 1. The molecule has 1 heterocycles. The Balaban J connectivity index is 2.18. The fraction of sp³-hybridized carbons (Fsp3) is 0.364. The Hall–Kier alpha value is -1.55. The molecule has 1 aromatic rings. The second kappa shape index (κ2) is 5.83. The number of rotatable bonds is 3. The zero-order valence-electron chi connectivity index (χ0n) is 10.3. The van der Waals surface area contributed by atoms with Gasteiger partial charge in [0.05, 0.1) is 30.4 Å². The van der Waals surface area contributed by atoms with Crippen molar-refractivity contribution in [2.75, 3.05) is 25.1 Å². The van der Waals surface area contributed by atoms with Crippen molar-refractivity contribution < 1.29 is 27.1 Å². The molecule has 1 fully saturated rings. The highest BCUT2D eigenvalue weighted by Crippen LogP contribution is 2.19. The number of nitrogens with two attached hydrogens (primary N) is 1. The maximum atomic E-state index is 13.6. The van der Waals surface area contributed by atoms with E-state index in [-0.39, 0.29) is 23.8 Å². The van der Waals surface area contributed by atoms with Gasteiger partial charge < -0.3 is 14.8 Å². The van der Waals surface area contributed by atoms with Crippen molar-refractivity contribution in [2.24, 2.45) is 5.14 Å². The Labute approximate surface area is 114 Å². The zero-order valence-corrected chi connectivity index (χ0v) is 11.2. The molecule has 110 valence electrons. The van der Waals surface area contributed by atoms with Gasteiger partial charge in [-0.15, -0.1) is 0 Å². The smallest absolute Gasteiger partial charge is 0.255 e. The highest BCUT2D eigenvalue weighted by Gasteiger charge is 2.24. The van der Waals surface area contributed by atoms with Crippen LogP contribution in [0.2, 0.25) is 0 Å². The van der Waals surface area contributed by atoms with Crippen LogP contribution < -0.4 is 10.5 Å². The van der Waals surface area contributed by atoms with E-state index in [1.165, 1.54) is 0 Å². The summed E-state index contributed by atoms with van der Waals surface area (Å²) in [6, 6.07) is 2.88. The van der Waals surface area contributed by atoms with Crippen molar-refractivity contribution in [1.29, 1.82) is 0 Å². The van der Waals surface area contributed by atoms with E-state index in [9.17, 15) is 17.6 Å². The van der Waals surface area contributed by atoms with E-state index < -0.39 is 27.9 Å². The lowest BCUT2D eigenvalue weighted by Gasteiger charge is -2.22. The van der Waals surface area contributed by atoms with Gasteiger partial charge in [-0.1, -0.05) is 0 Å². The van der Waals surface area contributed by atoms with Crippen LogP contribution in [0, 0.1) is 5.82 Å². The SMILES string of the molecule is NS(=O)(=O)c1ccc(F)c(NC(=O)C2COCCO2)c1. The summed E-state index contributed by atoms with van der Waals surface area (Å²) in [5, 5.41) is 7.20. The molecule has 1 aliphatic rings. The lowest BCUT2D eigenvalue weighted by atomic mass is 10.2. The summed E-state index contributed by atoms with van der Waals surface area (Å²) in [6.45, 7) is 0.708. The van der Waals surface area contributed by atoms with Crippen LogP contribution in [-0.4, -0.2) is 40.2 Å². The minimum absolute atomic E-state index is 0.0579. The topological polar surface area (TPSA) is 108 Å². The second-order valence-corrected chi connectivity index (χ2v) is 5.67. The maximum absolute atomic E-state index is 13.6. The van der Waals surface area contributed by atoms with Gasteiger partial charge in [0.1, 0.15) is 5.82 Å². The predicted molar refractivity (Wildman–Crippen MR) is 67.0 cm³/mol. The minimum atomic E-state index is -3.98. The van der Waals surface area contributed by atoms with Crippen LogP contribution in [0.3, 0.4) is 0 Å². The van der Waals surface area contributed by atoms with E-state index in [0.717, 1.165) is 18.2 Å². The number of primary sulfonamides is 1. The molecule has 0 saturated carbocycles. The molecular formula is C11H13FN2O5S. The number of hydrogen-bond donors (Lipinski definition) is 2. The number of amides is 1. The van der Waals surface area contributed by atoms with Gasteiger partial charge in [-0.3, -0.25) is 4.79 Å². The molecule has 0 spiro atoms. The Bertz CT molecular complexity index is 613. The predicted octanol–water partition coefficient (Wildman–Crippen LogP) is -0.173. The molecule has 3 N–H and O–H groups in total. The number of carbonyl (C=O) groups excluding carboxylic acids is 1. The van der Waals surface area contributed by atoms with E-state index in [2.05, 4.69) is 5.32 Å². The number of hydrogen-bond acceptors (Lipinski definition) is 5. The average Bonchev–Trinajstić information content (AvgIpc) is 2.41. The van der Waals surface area contributed by atoms with Crippen LogP contribution in [0.4, 0.5) is 10.1 Å². The van der Waals surface area contributed by atoms with Crippen LogP contribution in [0.25, 0.3) is 0 Å². The van der Waals surface area contributed by atoms with Crippen LogP contribution in [0.5, 0.6) is 0 Å². The summed E-state index contributed by atoms with van der Waals surface area (Å²) in [5.74, 6) is -1.39. The Morgan fingerprint density at radius 3 is 2.75 bits per heavy atom. The van der Waals surface area contributed by atoms with Crippen molar-refractivity contribution in [1.82, 2.24) is 0 Å².